The molecule has 2 aromatic rings. The van der Waals surface area contributed by atoms with Gasteiger partial charge in [-0.3, -0.25) is 5.32 Å². The second-order valence-electron chi connectivity index (χ2n) is 3.52. The fourth-order valence-electron chi connectivity index (χ4n) is 1.31. The molecular weight excluding hydrogens is 256 g/mol. The van der Waals surface area contributed by atoms with Gasteiger partial charge < -0.3 is 4.74 Å². The van der Waals surface area contributed by atoms with Crippen LogP contribution in [0.3, 0.4) is 0 Å². The van der Waals surface area contributed by atoms with E-state index in [4.69, 9.17) is 4.74 Å². The van der Waals surface area contributed by atoms with Gasteiger partial charge in [0, 0.05) is 0 Å². The fraction of sp³-hybridized carbons (Fsp3) is 0.0833. The van der Waals surface area contributed by atoms with E-state index < -0.39 is 23.7 Å². The topological polar surface area (TPSA) is 64.1 Å². The predicted octanol–water partition coefficient (Wildman–Crippen LogP) is 2.50. The number of hydrogen-bond donors (Lipinski definition) is 1. The lowest BCUT2D eigenvalue weighted by atomic mass is 10.2. The molecule has 0 fully saturated rings. The first kappa shape index (κ1) is 12.9. The standard InChI is InChI=1S/C12H9F2N3O2/c13-10-9(11(14)16-7-15-10)17-12(18)19-6-8-4-2-1-3-5-8/h1-5,7H,6H2,(H,17,18). The molecule has 19 heavy (non-hydrogen) atoms. The van der Waals surface area contributed by atoms with Crippen molar-refractivity contribution in [3.8, 4) is 0 Å². The third kappa shape index (κ3) is 3.44. The lowest BCUT2D eigenvalue weighted by molar-refractivity contribution is 0.155. The van der Waals surface area contributed by atoms with Gasteiger partial charge in [0.1, 0.15) is 12.9 Å². The maximum atomic E-state index is 13.1. The van der Waals surface area contributed by atoms with Crippen LogP contribution in [-0.2, 0) is 11.3 Å². The van der Waals surface area contributed by atoms with E-state index in [2.05, 4.69) is 9.97 Å². The number of rotatable bonds is 3. The number of hydrogen-bond acceptors (Lipinski definition) is 4. The molecule has 0 spiro atoms. The van der Waals surface area contributed by atoms with Gasteiger partial charge in [-0.1, -0.05) is 30.3 Å². The maximum Gasteiger partial charge on any atom is 0.412 e. The number of ether oxygens (including phenoxy) is 1. The molecule has 98 valence electrons. The van der Waals surface area contributed by atoms with E-state index in [1.54, 1.807) is 24.3 Å². The summed E-state index contributed by atoms with van der Waals surface area (Å²) in [5, 5.41) is 1.91. The molecule has 1 amide bonds. The van der Waals surface area contributed by atoms with Crippen molar-refractivity contribution in [2.75, 3.05) is 5.32 Å². The van der Waals surface area contributed by atoms with Gasteiger partial charge in [0.05, 0.1) is 0 Å². The monoisotopic (exact) mass is 265 g/mol. The zero-order valence-electron chi connectivity index (χ0n) is 9.64. The molecule has 1 N–H and O–H groups in total. The van der Waals surface area contributed by atoms with Gasteiger partial charge in [0.15, 0.2) is 5.69 Å². The van der Waals surface area contributed by atoms with E-state index in [1.165, 1.54) is 0 Å². The number of benzene rings is 1. The van der Waals surface area contributed by atoms with Crippen LogP contribution in [0.1, 0.15) is 5.56 Å². The Hall–Kier alpha value is -2.57. The third-order valence-corrected chi connectivity index (χ3v) is 2.19. The quantitative estimate of drug-likeness (QED) is 0.866. The Kier molecular flexibility index (Phi) is 3.97. The van der Waals surface area contributed by atoms with E-state index >= 15 is 0 Å². The highest BCUT2D eigenvalue weighted by Gasteiger charge is 2.14. The molecule has 0 radical (unpaired) electrons. The third-order valence-electron chi connectivity index (χ3n) is 2.19. The zero-order chi connectivity index (χ0) is 13.7. The van der Waals surface area contributed by atoms with Crippen molar-refractivity contribution in [1.29, 1.82) is 0 Å². The van der Waals surface area contributed by atoms with Crippen LogP contribution in [0.4, 0.5) is 19.3 Å². The molecule has 0 aliphatic carbocycles. The Labute approximate surface area is 107 Å². The van der Waals surface area contributed by atoms with Crippen LogP contribution in [0.2, 0.25) is 0 Å². The normalized spacial score (nSPS) is 10.0. The van der Waals surface area contributed by atoms with Crippen molar-refractivity contribution in [2.24, 2.45) is 0 Å². The lowest BCUT2D eigenvalue weighted by Crippen LogP contribution is -2.16. The van der Waals surface area contributed by atoms with Crippen LogP contribution in [0.15, 0.2) is 36.7 Å². The SMILES string of the molecule is O=C(Nc1c(F)ncnc1F)OCc1ccccc1. The molecule has 0 bridgehead atoms. The molecule has 0 aliphatic rings. The number of carbonyl (C=O) groups excluding carboxylic acids is 1. The Balaban J connectivity index is 1.95. The lowest BCUT2D eigenvalue weighted by Gasteiger charge is -2.07. The Morgan fingerprint density at radius 2 is 1.79 bits per heavy atom. The average molecular weight is 265 g/mol. The summed E-state index contributed by atoms with van der Waals surface area (Å²) < 4.78 is 31.0. The number of halogens is 2. The molecule has 0 aliphatic heterocycles. The van der Waals surface area contributed by atoms with E-state index in [-0.39, 0.29) is 6.61 Å². The smallest absolute Gasteiger partial charge is 0.412 e. The zero-order valence-corrected chi connectivity index (χ0v) is 9.64. The summed E-state index contributed by atoms with van der Waals surface area (Å²) in [6, 6.07) is 8.87. The summed E-state index contributed by atoms with van der Waals surface area (Å²) in [5.41, 5.74) is 0.0171. The van der Waals surface area contributed by atoms with Gasteiger partial charge >= 0.3 is 6.09 Å². The second-order valence-corrected chi connectivity index (χ2v) is 3.52. The largest absolute Gasteiger partial charge is 0.444 e. The highest BCUT2D eigenvalue weighted by atomic mass is 19.1. The molecule has 0 saturated heterocycles. The molecule has 0 unspecified atom stereocenters. The van der Waals surface area contributed by atoms with Crippen molar-refractivity contribution in [3.63, 3.8) is 0 Å². The number of anilines is 1. The Morgan fingerprint density at radius 3 is 2.42 bits per heavy atom. The summed E-state index contributed by atoms with van der Waals surface area (Å²) in [7, 11) is 0. The second kappa shape index (κ2) is 5.85. The van der Waals surface area contributed by atoms with Crippen molar-refractivity contribution >= 4 is 11.8 Å². The summed E-state index contributed by atoms with van der Waals surface area (Å²) >= 11 is 0. The van der Waals surface area contributed by atoms with Crippen LogP contribution >= 0.6 is 0 Å². The van der Waals surface area contributed by atoms with Crippen LogP contribution < -0.4 is 5.32 Å². The van der Waals surface area contributed by atoms with E-state index in [9.17, 15) is 13.6 Å². The van der Waals surface area contributed by atoms with Crippen molar-refractivity contribution in [1.82, 2.24) is 9.97 Å². The van der Waals surface area contributed by atoms with Gasteiger partial charge in [-0.2, -0.15) is 8.78 Å². The number of amides is 1. The minimum atomic E-state index is -1.16. The van der Waals surface area contributed by atoms with Gasteiger partial charge in [-0.25, -0.2) is 14.8 Å². The molecule has 1 heterocycles. The minimum Gasteiger partial charge on any atom is -0.444 e. The summed E-state index contributed by atoms with van der Waals surface area (Å²) in [5.74, 6) is -2.33. The first-order chi connectivity index (χ1) is 9.16. The van der Waals surface area contributed by atoms with Gasteiger partial charge in [0.25, 0.3) is 0 Å². The summed E-state index contributed by atoms with van der Waals surface area (Å²) in [6.45, 7) is -0.0103. The average Bonchev–Trinajstić information content (AvgIpc) is 2.42. The first-order valence-corrected chi connectivity index (χ1v) is 5.30. The molecule has 7 heteroatoms. The van der Waals surface area contributed by atoms with Crippen LogP contribution in [0.25, 0.3) is 0 Å². The van der Waals surface area contributed by atoms with E-state index in [0.29, 0.717) is 6.33 Å². The molecule has 1 aromatic heterocycles. The van der Waals surface area contributed by atoms with Crippen LogP contribution in [0.5, 0.6) is 0 Å². The fourth-order valence-corrected chi connectivity index (χ4v) is 1.31. The predicted molar refractivity (Wildman–Crippen MR) is 62.2 cm³/mol. The molecule has 2 rings (SSSR count). The number of nitrogens with one attached hydrogen (secondary N) is 1. The van der Waals surface area contributed by atoms with Gasteiger partial charge in [-0.15, -0.1) is 0 Å². The molecular formula is C12H9F2N3O2. The maximum absolute atomic E-state index is 13.1. The minimum absolute atomic E-state index is 0.0103. The number of carbonyl (C=O) groups is 1. The Morgan fingerprint density at radius 1 is 1.16 bits per heavy atom. The van der Waals surface area contributed by atoms with E-state index in [1.807, 2.05) is 11.4 Å². The molecule has 1 aromatic carbocycles. The van der Waals surface area contributed by atoms with Crippen LogP contribution in [-0.4, -0.2) is 16.1 Å². The van der Waals surface area contributed by atoms with Gasteiger partial charge in [0.2, 0.25) is 11.9 Å². The first-order valence-electron chi connectivity index (χ1n) is 5.30. The highest BCUT2D eigenvalue weighted by Crippen LogP contribution is 2.14. The van der Waals surface area contributed by atoms with Gasteiger partial charge in [-0.05, 0) is 5.56 Å². The number of aromatic nitrogens is 2. The van der Waals surface area contributed by atoms with E-state index in [0.717, 1.165) is 5.56 Å². The molecule has 0 atom stereocenters. The van der Waals surface area contributed by atoms with Crippen molar-refractivity contribution < 1.29 is 18.3 Å². The van der Waals surface area contributed by atoms with Crippen molar-refractivity contribution in [3.05, 3.63) is 54.1 Å². The summed E-state index contributed by atoms with van der Waals surface area (Å²) in [4.78, 5) is 17.6. The van der Waals surface area contributed by atoms with Crippen LogP contribution in [0, 0.1) is 11.9 Å². The summed E-state index contributed by atoms with van der Waals surface area (Å²) in [6.07, 6.45) is -0.276. The van der Waals surface area contributed by atoms with Crippen molar-refractivity contribution in [2.45, 2.75) is 6.61 Å². The molecule has 0 saturated carbocycles. The Bertz CT molecular complexity index is 558. The highest BCUT2D eigenvalue weighted by molar-refractivity contribution is 5.84. The molecule has 5 nitrogen and oxygen atoms in total. The number of nitrogens with zero attached hydrogens (tertiary/aromatic N) is 2.